The van der Waals surface area contributed by atoms with Gasteiger partial charge in [0.1, 0.15) is 11.5 Å². The topological polar surface area (TPSA) is 75.6 Å². The SMILES string of the molecule is Cc1ncccc1C(=O)c1cccc(N2CCCN(C(=O)OCC(C)(C)C)CC2)n1.[HH]. The molecule has 2 aromatic heterocycles. The van der Waals surface area contributed by atoms with Gasteiger partial charge in [0, 0.05) is 45.1 Å². The van der Waals surface area contributed by atoms with Crippen LogP contribution in [0.1, 0.15) is 50.4 Å². The molecular weight excluding hydrogens is 380 g/mol. The predicted octanol–water partition coefficient (Wildman–Crippen LogP) is 3.96. The first kappa shape index (κ1) is 21.7. The van der Waals surface area contributed by atoms with E-state index in [2.05, 4.69) is 14.9 Å². The van der Waals surface area contributed by atoms with Crippen molar-refractivity contribution in [3.8, 4) is 0 Å². The minimum absolute atomic E-state index is 0. The quantitative estimate of drug-likeness (QED) is 0.708. The summed E-state index contributed by atoms with van der Waals surface area (Å²) in [5, 5.41) is 0. The molecule has 1 aliphatic rings. The number of hydrogen-bond acceptors (Lipinski definition) is 6. The lowest BCUT2D eigenvalue weighted by Gasteiger charge is -2.24. The summed E-state index contributed by atoms with van der Waals surface area (Å²) < 4.78 is 5.46. The smallest absolute Gasteiger partial charge is 0.409 e. The van der Waals surface area contributed by atoms with Gasteiger partial charge in [0.25, 0.3) is 0 Å². The van der Waals surface area contributed by atoms with Gasteiger partial charge in [0.05, 0.1) is 6.61 Å². The average Bonchev–Trinajstić information content (AvgIpc) is 2.98. The number of aryl methyl sites for hydroxylation is 1. The molecule has 1 fully saturated rings. The number of ketones is 1. The number of carbonyl (C=O) groups excluding carboxylic acids is 2. The van der Waals surface area contributed by atoms with Gasteiger partial charge in [-0.05, 0) is 43.0 Å². The van der Waals surface area contributed by atoms with Gasteiger partial charge in [-0.1, -0.05) is 26.8 Å². The van der Waals surface area contributed by atoms with Crippen LogP contribution in [0.3, 0.4) is 0 Å². The highest BCUT2D eigenvalue weighted by atomic mass is 16.6. The molecule has 1 aliphatic heterocycles. The molecule has 7 nitrogen and oxygen atoms in total. The Kier molecular flexibility index (Phi) is 6.70. The Hall–Kier alpha value is -2.96. The standard InChI is InChI=1S/C23H30N4O3.H2/c1-17-18(8-6-11-24-17)21(28)19-9-5-10-20(25-19)26-12-7-13-27(15-14-26)22(29)30-16-23(2,3)4;/h5-6,8-11H,7,12-16H2,1-4H3;1H. The highest BCUT2D eigenvalue weighted by molar-refractivity contribution is 6.08. The summed E-state index contributed by atoms with van der Waals surface area (Å²) in [4.78, 5) is 37.9. The zero-order valence-corrected chi connectivity index (χ0v) is 18.2. The van der Waals surface area contributed by atoms with Gasteiger partial charge in [-0.15, -0.1) is 0 Å². The van der Waals surface area contributed by atoms with E-state index < -0.39 is 0 Å². The second-order valence-electron chi connectivity index (χ2n) is 8.79. The third-order valence-electron chi connectivity index (χ3n) is 4.93. The van der Waals surface area contributed by atoms with Crippen LogP contribution in [0.15, 0.2) is 36.5 Å². The van der Waals surface area contributed by atoms with Crippen molar-refractivity contribution in [2.45, 2.75) is 34.1 Å². The second kappa shape index (κ2) is 9.24. The zero-order valence-electron chi connectivity index (χ0n) is 18.2. The van der Waals surface area contributed by atoms with E-state index >= 15 is 0 Å². The van der Waals surface area contributed by atoms with Crippen molar-refractivity contribution in [1.29, 1.82) is 0 Å². The monoisotopic (exact) mass is 412 g/mol. The van der Waals surface area contributed by atoms with Crippen LogP contribution in [0.4, 0.5) is 10.6 Å². The van der Waals surface area contributed by atoms with E-state index in [1.807, 2.05) is 39.8 Å². The molecule has 30 heavy (non-hydrogen) atoms. The zero-order chi connectivity index (χ0) is 21.7. The minimum atomic E-state index is -0.268. The third kappa shape index (κ3) is 5.55. The number of hydrogen-bond donors (Lipinski definition) is 0. The fourth-order valence-corrected chi connectivity index (χ4v) is 3.29. The van der Waals surface area contributed by atoms with Gasteiger partial charge >= 0.3 is 6.09 Å². The fourth-order valence-electron chi connectivity index (χ4n) is 3.29. The molecule has 7 heteroatoms. The lowest BCUT2D eigenvalue weighted by atomic mass is 9.99. The molecule has 0 bridgehead atoms. The number of amides is 1. The molecule has 2 aromatic rings. The molecular formula is C23H32N4O3. The van der Waals surface area contributed by atoms with Gasteiger partial charge in [-0.2, -0.15) is 0 Å². The summed E-state index contributed by atoms with van der Waals surface area (Å²) in [5.74, 6) is 0.608. The van der Waals surface area contributed by atoms with Crippen LogP contribution in [0.25, 0.3) is 0 Å². The van der Waals surface area contributed by atoms with Crippen molar-refractivity contribution in [3.05, 3.63) is 53.5 Å². The van der Waals surface area contributed by atoms with Crippen LogP contribution in [0.5, 0.6) is 0 Å². The number of ether oxygens (including phenoxy) is 1. The normalized spacial score (nSPS) is 14.9. The summed E-state index contributed by atoms with van der Waals surface area (Å²) in [7, 11) is 0. The molecule has 0 saturated carbocycles. The van der Waals surface area contributed by atoms with E-state index in [0.717, 1.165) is 18.8 Å². The highest BCUT2D eigenvalue weighted by Gasteiger charge is 2.23. The molecule has 0 spiro atoms. The van der Waals surface area contributed by atoms with Crippen molar-refractivity contribution in [2.75, 3.05) is 37.7 Å². The Morgan fingerprint density at radius 1 is 1.10 bits per heavy atom. The number of carbonyl (C=O) groups is 2. The maximum Gasteiger partial charge on any atom is 0.409 e. The summed E-state index contributed by atoms with van der Waals surface area (Å²) in [6, 6.07) is 9.01. The van der Waals surface area contributed by atoms with Crippen molar-refractivity contribution in [3.63, 3.8) is 0 Å². The van der Waals surface area contributed by atoms with Crippen LogP contribution in [-0.2, 0) is 4.74 Å². The molecule has 0 unspecified atom stereocenters. The maximum absolute atomic E-state index is 12.9. The molecule has 162 valence electrons. The number of nitrogens with zero attached hydrogens (tertiary/aromatic N) is 4. The van der Waals surface area contributed by atoms with E-state index in [1.54, 1.807) is 29.3 Å². The largest absolute Gasteiger partial charge is 0.449 e. The van der Waals surface area contributed by atoms with Crippen LogP contribution >= 0.6 is 0 Å². The average molecular weight is 413 g/mol. The summed E-state index contributed by atoms with van der Waals surface area (Å²) in [5.41, 5.74) is 1.59. The summed E-state index contributed by atoms with van der Waals surface area (Å²) in [6.45, 7) is 10.9. The molecule has 3 rings (SSSR count). The lowest BCUT2D eigenvalue weighted by molar-refractivity contribution is 0.0740. The third-order valence-corrected chi connectivity index (χ3v) is 4.93. The molecule has 1 amide bonds. The van der Waals surface area contributed by atoms with Crippen molar-refractivity contribution in [2.24, 2.45) is 5.41 Å². The number of anilines is 1. The Morgan fingerprint density at radius 3 is 2.63 bits per heavy atom. The van der Waals surface area contributed by atoms with Crippen molar-refractivity contribution >= 4 is 17.7 Å². The van der Waals surface area contributed by atoms with Crippen molar-refractivity contribution < 1.29 is 15.8 Å². The van der Waals surface area contributed by atoms with Crippen LogP contribution < -0.4 is 4.90 Å². The van der Waals surface area contributed by atoms with Gasteiger partial charge in [0.15, 0.2) is 0 Å². The van der Waals surface area contributed by atoms with Crippen LogP contribution in [0.2, 0.25) is 0 Å². The van der Waals surface area contributed by atoms with E-state index in [-0.39, 0.29) is 18.7 Å². The van der Waals surface area contributed by atoms with E-state index in [1.165, 1.54) is 0 Å². The molecule has 0 aromatic carbocycles. The fraction of sp³-hybridized carbons (Fsp3) is 0.478. The number of pyridine rings is 2. The Labute approximate surface area is 179 Å². The molecule has 0 aliphatic carbocycles. The van der Waals surface area contributed by atoms with E-state index in [9.17, 15) is 9.59 Å². The van der Waals surface area contributed by atoms with Gasteiger partial charge in [-0.25, -0.2) is 9.78 Å². The first-order chi connectivity index (χ1) is 14.2. The van der Waals surface area contributed by atoms with Crippen molar-refractivity contribution in [1.82, 2.24) is 14.9 Å². The van der Waals surface area contributed by atoms with E-state index in [4.69, 9.17) is 4.74 Å². The maximum atomic E-state index is 12.9. The van der Waals surface area contributed by atoms with Gasteiger partial charge < -0.3 is 14.5 Å². The summed E-state index contributed by atoms with van der Waals surface area (Å²) >= 11 is 0. The summed E-state index contributed by atoms with van der Waals surface area (Å²) in [6.07, 6.45) is 2.22. The number of aromatic nitrogens is 2. The van der Waals surface area contributed by atoms with Crippen LogP contribution in [-0.4, -0.2) is 59.5 Å². The predicted molar refractivity (Wildman–Crippen MR) is 118 cm³/mol. The highest BCUT2D eigenvalue weighted by Crippen LogP contribution is 2.18. The second-order valence-corrected chi connectivity index (χ2v) is 8.79. The van der Waals surface area contributed by atoms with Crippen LogP contribution in [0, 0.1) is 12.3 Å². The lowest BCUT2D eigenvalue weighted by Crippen LogP contribution is -2.37. The molecule has 0 radical (unpaired) electrons. The Balaban J connectivity index is 0.00000341. The van der Waals surface area contributed by atoms with E-state index in [0.29, 0.717) is 43.2 Å². The molecule has 3 heterocycles. The number of rotatable bonds is 4. The Morgan fingerprint density at radius 2 is 1.90 bits per heavy atom. The first-order valence-corrected chi connectivity index (χ1v) is 10.3. The molecule has 0 N–H and O–H groups in total. The Bertz CT molecular complexity index is 914. The minimum Gasteiger partial charge on any atom is -0.449 e. The first-order valence-electron chi connectivity index (χ1n) is 10.3. The molecule has 0 atom stereocenters. The molecule has 1 saturated heterocycles. The van der Waals surface area contributed by atoms with Gasteiger partial charge in [-0.3, -0.25) is 9.78 Å². The van der Waals surface area contributed by atoms with Gasteiger partial charge in [0.2, 0.25) is 5.78 Å².